The zero-order valence-corrected chi connectivity index (χ0v) is 9.50. The number of aromatic nitrogens is 2. The molecule has 1 fully saturated rings. The van der Waals surface area contributed by atoms with Crippen molar-refractivity contribution in [2.75, 3.05) is 5.73 Å². The molecule has 1 heterocycles. The van der Waals surface area contributed by atoms with Crippen LogP contribution in [-0.2, 0) is 6.54 Å². The predicted octanol–water partition coefficient (Wildman–Crippen LogP) is 2.27. The highest BCUT2D eigenvalue weighted by atomic mass is 79.9. The molecule has 1 aliphatic carbocycles. The number of anilines is 1. The Morgan fingerprint density at radius 1 is 1.77 bits per heavy atom. The smallest absolute Gasteiger partial charge is 0.159 e. The van der Waals surface area contributed by atoms with Gasteiger partial charge < -0.3 is 5.73 Å². The number of nitrogens with two attached hydrogens (primary N) is 1. The first-order valence-corrected chi connectivity index (χ1v) is 5.27. The van der Waals surface area contributed by atoms with Crippen molar-refractivity contribution >= 4 is 21.7 Å². The minimum Gasteiger partial charge on any atom is -0.381 e. The summed E-state index contributed by atoms with van der Waals surface area (Å²) in [4.78, 5) is 0. The molecule has 1 aromatic heterocycles. The Bertz CT molecular complexity index is 310. The number of halogens is 1. The Morgan fingerprint density at radius 3 is 2.77 bits per heavy atom. The summed E-state index contributed by atoms with van der Waals surface area (Å²) in [5.41, 5.74) is 6.13. The van der Waals surface area contributed by atoms with Crippen molar-refractivity contribution in [2.24, 2.45) is 11.3 Å². The van der Waals surface area contributed by atoms with Gasteiger partial charge in [0.1, 0.15) is 0 Å². The van der Waals surface area contributed by atoms with Crippen LogP contribution in [0.3, 0.4) is 0 Å². The molecule has 0 radical (unpaired) electrons. The van der Waals surface area contributed by atoms with Gasteiger partial charge in [-0.3, -0.25) is 4.68 Å². The summed E-state index contributed by atoms with van der Waals surface area (Å²) in [5.74, 6) is 1.34. The van der Waals surface area contributed by atoms with Crippen LogP contribution in [0.4, 0.5) is 5.82 Å². The summed E-state index contributed by atoms with van der Waals surface area (Å²) >= 11 is 3.35. The third kappa shape index (κ3) is 1.73. The zero-order chi connectivity index (χ0) is 9.64. The van der Waals surface area contributed by atoms with Crippen LogP contribution >= 0.6 is 15.9 Å². The van der Waals surface area contributed by atoms with Gasteiger partial charge in [0.2, 0.25) is 0 Å². The molecule has 72 valence electrons. The summed E-state index contributed by atoms with van der Waals surface area (Å²) in [6, 6.07) is 0. The molecule has 1 aromatic rings. The van der Waals surface area contributed by atoms with E-state index in [0.29, 0.717) is 11.2 Å². The Kier molecular flexibility index (Phi) is 1.91. The van der Waals surface area contributed by atoms with Gasteiger partial charge >= 0.3 is 0 Å². The zero-order valence-electron chi connectivity index (χ0n) is 7.92. The Labute approximate surface area is 86.4 Å². The lowest BCUT2D eigenvalue weighted by Crippen LogP contribution is -2.04. The van der Waals surface area contributed by atoms with E-state index in [1.807, 2.05) is 10.9 Å². The molecule has 0 aliphatic heterocycles. The van der Waals surface area contributed by atoms with E-state index in [1.54, 1.807) is 0 Å². The number of rotatable bonds is 2. The van der Waals surface area contributed by atoms with Crippen molar-refractivity contribution in [3.63, 3.8) is 0 Å². The van der Waals surface area contributed by atoms with Crippen LogP contribution in [0.2, 0.25) is 0 Å². The van der Waals surface area contributed by atoms with Crippen molar-refractivity contribution in [1.29, 1.82) is 0 Å². The fourth-order valence-corrected chi connectivity index (χ4v) is 1.93. The minimum absolute atomic E-state index is 0.507. The molecular formula is C9H14BrN3. The van der Waals surface area contributed by atoms with E-state index < -0.39 is 0 Å². The van der Waals surface area contributed by atoms with Crippen LogP contribution in [-0.4, -0.2) is 9.78 Å². The second-order valence-corrected chi connectivity index (χ2v) is 5.33. The Hall–Kier alpha value is -0.510. The molecule has 2 rings (SSSR count). The SMILES string of the molecule is CC1(C)CC1Cn1cc(Br)c(N)n1. The number of hydrogen-bond donors (Lipinski definition) is 1. The Balaban J connectivity index is 2.03. The van der Waals surface area contributed by atoms with Crippen molar-refractivity contribution in [1.82, 2.24) is 9.78 Å². The van der Waals surface area contributed by atoms with E-state index in [1.165, 1.54) is 6.42 Å². The normalized spacial score (nSPS) is 24.7. The highest BCUT2D eigenvalue weighted by Crippen LogP contribution is 2.52. The van der Waals surface area contributed by atoms with Gasteiger partial charge in [0.05, 0.1) is 4.47 Å². The fourth-order valence-electron chi connectivity index (χ4n) is 1.62. The third-order valence-electron chi connectivity index (χ3n) is 2.87. The monoisotopic (exact) mass is 243 g/mol. The standard InChI is InChI=1S/C9H14BrN3/c1-9(2)3-6(9)4-13-5-7(10)8(11)12-13/h5-6H,3-4H2,1-2H3,(H2,11,12). The second-order valence-electron chi connectivity index (χ2n) is 4.47. The third-order valence-corrected chi connectivity index (χ3v) is 3.48. The molecule has 4 heteroatoms. The van der Waals surface area contributed by atoms with Gasteiger partial charge in [-0.1, -0.05) is 13.8 Å². The maximum atomic E-state index is 5.63. The van der Waals surface area contributed by atoms with Crippen LogP contribution in [0.25, 0.3) is 0 Å². The number of hydrogen-bond acceptors (Lipinski definition) is 2. The van der Waals surface area contributed by atoms with Gasteiger partial charge in [0.15, 0.2) is 5.82 Å². The molecule has 1 saturated carbocycles. The minimum atomic E-state index is 0.507. The molecule has 0 amide bonds. The molecule has 1 aliphatic rings. The molecule has 13 heavy (non-hydrogen) atoms. The van der Waals surface area contributed by atoms with Crippen molar-refractivity contribution in [3.05, 3.63) is 10.7 Å². The average Bonchev–Trinajstić information content (AvgIpc) is 2.44. The maximum Gasteiger partial charge on any atom is 0.159 e. The molecular weight excluding hydrogens is 230 g/mol. The largest absolute Gasteiger partial charge is 0.381 e. The summed E-state index contributed by atoms with van der Waals surface area (Å²) in [5, 5.41) is 4.20. The average molecular weight is 244 g/mol. The van der Waals surface area contributed by atoms with Gasteiger partial charge in [0.25, 0.3) is 0 Å². The van der Waals surface area contributed by atoms with Gasteiger partial charge in [-0.05, 0) is 33.7 Å². The molecule has 0 bridgehead atoms. The number of nitrogens with zero attached hydrogens (tertiary/aromatic N) is 2. The van der Waals surface area contributed by atoms with Crippen LogP contribution in [0.5, 0.6) is 0 Å². The van der Waals surface area contributed by atoms with E-state index in [4.69, 9.17) is 5.73 Å². The van der Waals surface area contributed by atoms with Crippen molar-refractivity contribution in [3.8, 4) is 0 Å². The molecule has 1 atom stereocenters. The van der Waals surface area contributed by atoms with E-state index in [9.17, 15) is 0 Å². The predicted molar refractivity (Wildman–Crippen MR) is 56.2 cm³/mol. The van der Waals surface area contributed by atoms with Crippen molar-refractivity contribution < 1.29 is 0 Å². The first-order chi connectivity index (χ1) is 5.99. The summed E-state index contributed by atoms with van der Waals surface area (Å²) in [6.07, 6.45) is 3.24. The first-order valence-electron chi connectivity index (χ1n) is 4.47. The van der Waals surface area contributed by atoms with Crippen LogP contribution < -0.4 is 5.73 Å². The molecule has 1 unspecified atom stereocenters. The van der Waals surface area contributed by atoms with Gasteiger partial charge in [-0.2, -0.15) is 5.10 Å². The molecule has 3 nitrogen and oxygen atoms in total. The summed E-state index contributed by atoms with van der Waals surface area (Å²) in [6.45, 7) is 5.57. The lowest BCUT2D eigenvalue weighted by Gasteiger charge is -2.02. The summed E-state index contributed by atoms with van der Waals surface area (Å²) < 4.78 is 2.82. The van der Waals surface area contributed by atoms with E-state index in [2.05, 4.69) is 34.9 Å². The molecule has 0 saturated heterocycles. The quantitative estimate of drug-likeness (QED) is 0.867. The summed E-state index contributed by atoms with van der Waals surface area (Å²) in [7, 11) is 0. The lowest BCUT2D eigenvalue weighted by molar-refractivity contribution is 0.473. The van der Waals surface area contributed by atoms with Crippen molar-refractivity contribution in [2.45, 2.75) is 26.8 Å². The lowest BCUT2D eigenvalue weighted by atomic mass is 10.1. The maximum absolute atomic E-state index is 5.63. The second kappa shape index (κ2) is 2.74. The van der Waals surface area contributed by atoms with E-state index in [0.717, 1.165) is 16.9 Å². The van der Waals surface area contributed by atoms with Crippen LogP contribution in [0.15, 0.2) is 10.7 Å². The molecule has 0 aromatic carbocycles. The van der Waals surface area contributed by atoms with E-state index in [-0.39, 0.29) is 0 Å². The molecule has 2 N–H and O–H groups in total. The van der Waals surface area contributed by atoms with Gasteiger partial charge in [-0.15, -0.1) is 0 Å². The topological polar surface area (TPSA) is 43.8 Å². The van der Waals surface area contributed by atoms with Crippen LogP contribution in [0, 0.1) is 11.3 Å². The Morgan fingerprint density at radius 2 is 2.38 bits per heavy atom. The first kappa shape index (κ1) is 9.06. The van der Waals surface area contributed by atoms with Gasteiger partial charge in [-0.25, -0.2) is 0 Å². The fraction of sp³-hybridized carbons (Fsp3) is 0.667. The number of nitrogen functional groups attached to an aromatic ring is 1. The highest BCUT2D eigenvalue weighted by molar-refractivity contribution is 9.10. The molecule has 0 spiro atoms. The van der Waals surface area contributed by atoms with Crippen LogP contribution in [0.1, 0.15) is 20.3 Å². The van der Waals surface area contributed by atoms with E-state index >= 15 is 0 Å². The van der Waals surface area contributed by atoms with Gasteiger partial charge in [0, 0.05) is 12.7 Å². The highest BCUT2D eigenvalue weighted by Gasteiger charge is 2.45.